The lowest BCUT2D eigenvalue weighted by atomic mass is 10.2. The summed E-state index contributed by atoms with van der Waals surface area (Å²) >= 11 is 1.36. The van der Waals surface area contributed by atoms with Crippen LogP contribution in [0.3, 0.4) is 0 Å². The summed E-state index contributed by atoms with van der Waals surface area (Å²) in [5.41, 5.74) is 1.27. The summed E-state index contributed by atoms with van der Waals surface area (Å²) in [6.07, 6.45) is 1.50. The molecule has 1 fully saturated rings. The van der Waals surface area contributed by atoms with Gasteiger partial charge in [0.2, 0.25) is 0 Å². The second kappa shape index (κ2) is 6.29. The summed E-state index contributed by atoms with van der Waals surface area (Å²) in [4.78, 5) is 22.8. The van der Waals surface area contributed by atoms with Crippen molar-refractivity contribution in [2.75, 3.05) is 31.2 Å². The van der Waals surface area contributed by atoms with Gasteiger partial charge in [0, 0.05) is 13.1 Å². The van der Waals surface area contributed by atoms with Crippen molar-refractivity contribution in [3.05, 3.63) is 52.3 Å². The molecule has 8 heteroatoms. The Bertz CT molecular complexity index is 916. The minimum Gasteiger partial charge on any atom is -0.378 e. The van der Waals surface area contributed by atoms with Gasteiger partial charge in [0.25, 0.3) is 5.56 Å². The van der Waals surface area contributed by atoms with Gasteiger partial charge >= 0.3 is 0 Å². The second-order valence-corrected chi connectivity index (χ2v) is 6.53. The summed E-state index contributed by atoms with van der Waals surface area (Å²) in [6.45, 7) is 3.33. The minimum atomic E-state index is -0.273. The quantitative estimate of drug-likeness (QED) is 0.725. The predicted octanol–water partition coefficient (Wildman–Crippen LogP) is 1.88. The topological polar surface area (TPSA) is 60.2 Å². The highest BCUT2D eigenvalue weighted by molar-refractivity contribution is 7.22. The van der Waals surface area contributed by atoms with Gasteiger partial charge in [-0.15, -0.1) is 0 Å². The average Bonchev–Trinajstić information content (AvgIpc) is 3.07. The fraction of sp³-hybridized carbons (Fsp3) is 0.312. The van der Waals surface area contributed by atoms with Crippen LogP contribution in [0.4, 0.5) is 9.52 Å². The van der Waals surface area contributed by atoms with E-state index in [1.807, 2.05) is 4.57 Å². The molecule has 0 bridgehead atoms. The number of hydrogen-bond acceptors (Lipinski definition) is 6. The summed E-state index contributed by atoms with van der Waals surface area (Å²) in [5, 5.41) is 0.811. The van der Waals surface area contributed by atoms with Gasteiger partial charge in [0.05, 0.1) is 19.8 Å². The fourth-order valence-electron chi connectivity index (χ4n) is 2.66. The van der Waals surface area contributed by atoms with Crippen LogP contribution in [-0.4, -0.2) is 40.8 Å². The Morgan fingerprint density at radius 3 is 2.71 bits per heavy atom. The Kier molecular flexibility index (Phi) is 3.99. The molecule has 0 amide bonds. The number of benzene rings is 1. The first kappa shape index (κ1) is 15.2. The molecule has 0 spiro atoms. The first-order chi connectivity index (χ1) is 11.7. The van der Waals surface area contributed by atoms with Crippen LogP contribution in [0.5, 0.6) is 0 Å². The smallest absolute Gasteiger partial charge is 0.292 e. The third kappa shape index (κ3) is 2.90. The molecule has 0 saturated carbocycles. The van der Waals surface area contributed by atoms with E-state index in [1.54, 1.807) is 12.1 Å². The Hall–Kier alpha value is -2.32. The molecule has 1 aliphatic heterocycles. The number of aromatic nitrogens is 3. The molecular weight excluding hydrogens is 331 g/mol. The number of ether oxygens (including phenoxy) is 1. The number of morpholine rings is 1. The highest BCUT2D eigenvalue weighted by atomic mass is 32.1. The molecule has 6 nitrogen and oxygen atoms in total. The van der Waals surface area contributed by atoms with Crippen LogP contribution in [0, 0.1) is 5.82 Å². The normalized spacial score (nSPS) is 15.1. The van der Waals surface area contributed by atoms with Crippen LogP contribution in [0.25, 0.3) is 10.3 Å². The number of rotatable bonds is 3. The van der Waals surface area contributed by atoms with E-state index in [-0.39, 0.29) is 11.4 Å². The number of fused-ring (bicyclic) bond motifs is 1. The van der Waals surface area contributed by atoms with Gasteiger partial charge in [-0.3, -0.25) is 4.79 Å². The number of hydrogen-bond donors (Lipinski definition) is 0. The van der Waals surface area contributed by atoms with Crippen LogP contribution in [0.1, 0.15) is 5.56 Å². The Balaban J connectivity index is 1.72. The van der Waals surface area contributed by atoms with Crippen LogP contribution in [0.15, 0.2) is 35.4 Å². The number of thiazole rings is 1. The van der Waals surface area contributed by atoms with Crippen LogP contribution < -0.4 is 10.5 Å². The second-order valence-electron chi connectivity index (χ2n) is 5.55. The SMILES string of the molecule is O=c1ncn(Cc2ccc(F)cc2)c2nc(N3CCOCC3)sc12. The molecular formula is C16H15FN4O2S. The lowest BCUT2D eigenvalue weighted by Crippen LogP contribution is -2.36. The predicted molar refractivity (Wildman–Crippen MR) is 90.2 cm³/mol. The molecule has 2 aromatic heterocycles. The molecule has 0 unspecified atom stereocenters. The molecule has 4 rings (SSSR count). The van der Waals surface area contributed by atoms with E-state index < -0.39 is 0 Å². The molecule has 0 atom stereocenters. The lowest BCUT2D eigenvalue weighted by molar-refractivity contribution is 0.122. The van der Waals surface area contributed by atoms with E-state index in [9.17, 15) is 9.18 Å². The molecule has 1 saturated heterocycles. The van der Waals surface area contributed by atoms with Crippen molar-refractivity contribution in [3.63, 3.8) is 0 Å². The summed E-state index contributed by atoms with van der Waals surface area (Å²) in [7, 11) is 0. The number of anilines is 1. The third-order valence-corrected chi connectivity index (χ3v) is 5.02. The van der Waals surface area contributed by atoms with E-state index >= 15 is 0 Å². The van der Waals surface area contributed by atoms with E-state index in [0.717, 1.165) is 23.8 Å². The third-order valence-electron chi connectivity index (χ3n) is 3.93. The van der Waals surface area contributed by atoms with Gasteiger partial charge in [-0.2, -0.15) is 4.98 Å². The number of halogens is 1. The Morgan fingerprint density at radius 1 is 1.21 bits per heavy atom. The van der Waals surface area contributed by atoms with E-state index in [0.29, 0.717) is 30.1 Å². The van der Waals surface area contributed by atoms with Gasteiger partial charge in [-0.05, 0) is 17.7 Å². The Labute approximate surface area is 141 Å². The van der Waals surface area contributed by atoms with Crippen molar-refractivity contribution in [2.45, 2.75) is 6.54 Å². The van der Waals surface area contributed by atoms with Crippen LogP contribution >= 0.6 is 11.3 Å². The monoisotopic (exact) mass is 346 g/mol. The molecule has 3 heterocycles. The van der Waals surface area contributed by atoms with Crippen molar-refractivity contribution in [1.82, 2.24) is 14.5 Å². The highest BCUT2D eigenvalue weighted by Gasteiger charge is 2.18. The van der Waals surface area contributed by atoms with Gasteiger partial charge in [0.1, 0.15) is 16.8 Å². The van der Waals surface area contributed by atoms with Crippen molar-refractivity contribution < 1.29 is 9.13 Å². The lowest BCUT2D eigenvalue weighted by Gasteiger charge is -2.25. The maximum Gasteiger partial charge on any atom is 0.292 e. The van der Waals surface area contributed by atoms with E-state index in [4.69, 9.17) is 4.74 Å². The van der Waals surface area contributed by atoms with Gasteiger partial charge in [-0.1, -0.05) is 23.5 Å². The van der Waals surface area contributed by atoms with Gasteiger partial charge in [0.15, 0.2) is 10.8 Å². The molecule has 124 valence electrons. The average molecular weight is 346 g/mol. The minimum absolute atomic E-state index is 0.266. The fourth-order valence-corrected chi connectivity index (χ4v) is 3.68. The van der Waals surface area contributed by atoms with Gasteiger partial charge in [-0.25, -0.2) is 9.37 Å². The maximum absolute atomic E-state index is 13.1. The van der Waals surface area contributed by atoms with E-state index in [2.05, 4.69) is 14.9 Å². The first-order valence-corrected chi connectivity index (χ1v) is 8.45. The number of nitrogens with zero attached hydrogens (tertiary/aromatic N) is 4. The Morgan fingerprint density at radius 2 is 1.96 bits per heavy atom. The van der Waals surface area contributed by atoms with Crippen LogP contribution in [0.2, 0.25) is 0 Å². The molecule has 0 aliphatic carbocycles. The highest BCUT2D eigenvalue weighted by Crippen LogP contribution is 2.27. The van der Waals surface area contributed by atoms with Gasteiger partial charge < -0.3 is 14.2 Å². The molecule has 1 aromatic carbocycles. The zero-order valence-electron chi connectivity index (χ0n) is 12.8. The first-order valence-electron chi connectivity index (χ1n) is 7.64. The maximum atomic E-state index is 13.1. The van der Waals surface area contributed by atoms with Crippen molar-refractivity contribution >= 4 is 26.8 Å². The summed E-state index contributed by atoms with van der Waals surface area (Å²) < 4.78 is 20.8. The molecule has 24 heavy (non-hydrogen) atoms. The zero-order chi connectivity index (χ0) is 16.5. The van der Waals surface area contributed by atoms with Crippen molar-refractivity contribution in [3.8, 4) is 0 Å². The zero-order valence-corrected chi connectivity index (χ0v) is 13.6. The largest absolute Gasteiger partial charge is 0.378 e. The van der Waals surface area contributed by atoms with Crippen LogP contribution in [-0.2, 0) is 11.3 Å². The summed E-state index contributed by atoms with van der Waals surface area (Å²) in [6, 6.07) is 6.27. The summed E-state index contributed by atoms with van der Waals surface area (Å²) in [5.74, 6) is -0.273. The van der Waals surface area contributed by atoms with Crippen molar-refractivity contribution in [1.29, 1.82) is 0 Å². The molecule has 1 aliphatic rings. The molecule has 0 radical (unpaired) electrons. The van der Waals surface area contributed by atoms with Crippen molar-refractivity contribution in [2.24, 2.45) is 0 Å². The molecule has 0 N–H and O–H groups in total. The standard InChI is InChI=1S/C16H15FN4O2S/c17-12-3-1-11(2-4-12)9-21-10-18-15(22)13-14(21)19-16(24-13)20-5-7-23-8-6-20/h1-4,10H,5-9H2. The van der Waals surface area contributed by atoms with E-state index in [1.165, 1.54) is 29.8 Å². The molecule has 3 aromatic rings.